The van der Waals surface area contributed by atoms with Gasteiger partial charge in [0, 0.05) is 43.1 Å². The minimum absolute atomic E-state index is 0.145. The number of nitrogens with one attached hydrogen (secondary N) is 2. The number of hydrogen-bond donors (Lipinski definition) is 2. The number of H-pyrrole nitrogens is 1. The molecule has 0 unspecified atom stereocenters. The van der Waals surface area contributed by atoms with Gasteiger partial charge >= 0.3 is 0 Å². The third kappa shape index (κ3) is 2.96. The number of carbonyl (C=O) groups excluding carboxylic acids is 1. The van der Waals surface area contributed by atoms with E-state index in [1.165, 1.54) is 6.07 Å². The number of hydrazine groups is 1. The number of hydrogen-bond acceptors (Lipinski definition) is 4. The fourth-order valence-electron chi connectivity index (χ4n) is 2.44. The van der Waals surface area contributed by atoms with Crippen molar-refractivity contribution in [3.05, 3.63) is 46.2 Å². The molecule has 1 aliphatic heterocycles. The van der Waals surface area contributed by atoms with Crippen LogP contribution in [0.4, 0.5) is 0 Å². The summed E-state index contributed by atoms with van der Waals surface area (Å²) >= 11 is 0. The number of likely N-dealkylation sites (N-methyl/N-ethyl adjacent to an activating group) is 1. The average molecular weight is 286 g/mol. The Balaban J connectivity index is 1.80. The van der Waals surface area contributed by atoms with Crippen molar-refractivity contribution >= 4 is 16.8 Å². The number of benzene rings is 1. The fraction of sp³-hybridized carbons (Fsp3) is 0.333. The van der Waals surface area contributed by atoms with Gasteiger partial charge in [-0.2, -0.15) is 0 Å². The van der Waals surface area contributed by atoms with Crippen LogP contribution in [0.5, 0.6) is 0 Å². The molecule has 0 atom stereocenters. The number of pyridine rings is 1. The minimum Gasteiger partial charge on any atom is -0.350 e. The van der Waals surface area contributed by atoms with Crippen molar-refractivity contribution in [3.8, 4) is 0 Å². The van der Waals surface area contributed by atoms with E-state index in [0.717, 1.165) is 26.2 Å². The molecule has 1 fully saturated rings. The highest BCUT2D eigenvalue weighted by atomic mass is 16.2. The van der Waals surface area contributed by atoms with Gasteiger partial charge in [0.1, 0.15) is 5.69 Å². The zero-order valence-corrected chi connectivity index (χ0v) is 11.9. The first-order valence-electron chi connectivity index (χ1n) is 7.00. The van der Waals surface area contributed by atoms with Crippen LogP contribution in [-0.4, -0.2) is 54.0 Å². The topological polar surface area (TPSA) is 68.4 Å². The molecule has 0 radical (unpaired) electrons. The number of aromatic amines is 1. The molecule has 1 amide bonds. The second-order valence-electron chi connectivity index (χ2n) is 5.32. The van der Waals surface area contributed by atoms with Crippen LogP contribution in [0.1, 0.15) is 10.5 Å². The fourth-order valence-corrected chi connectivity index (χ4v) is 2.44. The summed E-state index contributed by atoms with van der Waals surface area (Å²) in [5, 5.41) is 2.48. The Labute approximate surface area is 122 Å². The second-order valence-corrected chi connectivity index (χ2v) is 5.32. The normalized spacial score (nSPS) is 17.0. The summed E-state index contributed by atoms with van der Waals surface area (Å²) in [5.74, 6) is -0.276. The smallest absolute Gasteiger partial charge is 0.282 e. The lowest BCUT2D eigenvalue weighted by Gasteiger charge is -2.32. The summed E-state index contributed by atoms with van der Waals surface area (Å²) in [5.41, 5.74) is 3.66. The minimum atomic E-state index is -0.276. The summed E-state index contributed by atoms with van der Waals surface area (Å²) < 4.78 is 0. The maximum Gasteiger partial charge on any atom is 0.282 e. The monoisotopic (exact) mass is 286 g/mol. The van der Waals surface area contributed by atoms with E-state index in [1.54, 1.807) is 12.1 Å². The molecule has 0 aliphatic carbocycles. The highest BCUT2D eigenvalue weighted by Crippen LogP contribution is 2.07. The predicted molar refractivity (Wildman–Crippen MR) is 81.1 cm³/mol. The van der Waals surface area contributed by atoms with E-state index >= 15 is 0 Å². The molecule has 6 heteroatoms. The third-order valence-corrected chi connectivity index (χ3v) is 3.74. The Bertz CT molecular complexity index is 717. The van der Waals surface area contributed by atoms with Crippen LogP contribution < -0.4 is 10.9 Å². The van der Waals surface area contributed by atoms with Gasteiger partial charge in [-0.1, -0.05) is 12.1 Å². The Hall–Kier alpha value is -2.18. The number of rotatable bonds is 2. The van der Waals surface area contributed by atoms with Crippen LogP contribution in [0.3, 0.4) is 0 Å². The Morgan fingerprint density at radius 3 is 2.67 bits per heavy atom. The van der Waals surface area contributed by atoms with Crippen molar-refractivity contribution < 1.29 is 4.79 Å². The Morgan fingerprint density at radius 2 is 1.90 bits per heavy atom. The van der Waals surface area contributed by atoms with Crippen molar-refractivity contribution in [3.63, 3.8) is 0 Å². The van der Waals surface area contributed by atoms with Crippen LogP contribution in [0.25, 0.3) is 10.9 Å². The molecule has 1 aliphatic rings. The van der Waals surface area contributed by atoms with E-state index in [4.69, 9.17) is 0 Å². The summed E-state index contributed by atoms with van der Waals surface area (Å²) in [4.78, 5) is 29.5. The quantitative estimate of drug-likeness (QED) is 0.839. The van der Waals surface area contributed by atoms with E-state index in [-0.39, 0.29) is 17.0 Å². The zero-order chi connectivity index (χ0) is 14.8. The van der Waals surface area contributed by atoms with Gasteiger partial charge in [-0.05, 0) is 19.2 Å². The van der Waals surface area contributed by atoms with Crippen molar-refractivity contribution in [1.29, 1.82) is 0 Å². The molecule has 21 heavy (non-hydrogen) atoms. The van der Waals surface area contributed by atoms with E-state index in [9.17, 15) is 9.59 Å². The van der Waals surface area contributed by atoms with E-state index in [1.807, 2.05) is 17.1 Å². The standard InChI is InChI=1S/C15H18N4O2/c1-18-6-8-19(9-7-18)17-15(21)13-10-14(20)11-4-2-3-5-12(11)16-13/h2-5,10H,6-9H2,1H3,(H,16,20)(H,17,21). The molecule has 2 aromatic rings. The Kier molecular flexibility index (Phi) is 3.72. The van der Waals surface area contributed by atoms with Gasteiger partial charge in [0.05, 0.1) is 0 Å². The first-order chi connectivity index (χ1) is 10.1. The maximum atomic E-state index is 12.3. The van der Waals surface area contributed by atoms with Gasteiger partial charge in [0.15, 0.2) is 5.43 Å². The first kappa shape index (κ1) is 13.8. The molecule has 1 aromatic carbocycles. The molecule has 0 saturated carbocycles. The molecule has 2 N–H and O–H groups in total. The van der Waals surface area contributed by atoms with Crippen molar-refractivity contribution in [1.82, 2.24) is 20.3 Å². The molecule has 110 valence electrons. The molecular formula is C15H18N4O2. The molecule has 0 spiro atoms. The third-order valence-electron chi connectivity index (χ3n) is 3.74. The molecule has 1 saturated heterocycles. The lowest BCUT2D eigenvalue weighted by molar-refractivity contribution is 0.0658. The average Bonchev–Trinajstić information content (AvgIpc) is 2.49. The number of fused-ring (bicyclic) bond motifs is 1. The molecule has 6 nitrogen and oxygen atoms in total. The molecule has 1 aromatic heterocycles. The molecule has 0 bridgehead atoms. The van der Waals surface area contributed by atoms with Crippen LogP contribution in [0, 0.1) is 0 Å². The zero-order valence-electron chi connectivity index (χ0n) is 11.9. The first-order valence-corrected chi connectivity index (χ1v) is 7.00. The lowest BCUT2D eigenvalue weighted by atomic mass is 10.2. The van der Waals surface area contributed by atoms with Crippen LogP contribution in [0.15, 0.2) is 35.1 Å². The van der Waals surface area contributed by atoms with Gasteiger partial charge in [-0.15, -0.1) is 0 Å². The van der Waals surface area contributed by atoms with Gasteiger partial charge in [-0.3, -0.25) is 15.0 Å². The lowest BCUT2D eigenvalue weighted by Crippen LogP contribution is -2.52. The molecule has 3 rings (SSSR count). The molecular weight excluding hydrogens is 268 g/mol. The van der Waals surface area contributed by atoms with E-state index in [2.05, 4.69) is 22.4 Å². The van der Waals surface area contributed by atoms with Crippen molar-refractivity contribution in [2.75, 3.05) is 33.2 Å². The van der Waals surface area contributed by atoms with Gasteiger partial charge in [0.2, 0.25) is 0 Å². The van der Waals surface area contributed by atoms with Gasteiger partial charge < -0.3 is 9.88 Å². The van der Waals surface area contributed by atoms with Gasteiger partial charge in [0.25, 0.3) is 5.91 Å². The van der Waals surface area contributed by atoms with E-state index < -0.39 is 0 Å². The second kappa shape index (κ2) is 5.67. The largest absolute Gasteiger partial charge is 0.350 e. The van der Waals surface area contributed by atoms with Gasteiger partial charge in [-0.25, -0.2) is 5.01 Å². The van der Waals surface area contributed by atoms with Crippen molar-refractivity contribution in [2.24, 2.45) is 0 Å². The number of nitrogens with zero attached hydrogens (tertiary/aromatic N) is 2. The van der Waals surface area contributed by atoms with Crippen LogP contribution >= 0.6 is 0 Å². The summed E-state index contributed by atoms with van der Waals surface area (Å²) in [7, 11) is 2.06. The molecule has 2 heterocycles. The van der Waals surface area contributed by atoms with Crippen molar-refractivity contribution in [2.45, 2.75) is 0 Å². The van der Waals surface area contributed by atoms with Crippen LogP contribution in [-0.2, 0) is 0 Å². The number of amides is 1. The maximum absolute atomic E-state index is 12.3. The predicted octanol–water partition coefficient (Wildman–Crippen LogP) is 0.420. The number of aromatic nitrogens is 1. The van der Waals surface area contributed by atoms with Crippen LogP contribution in [0.2, 0.25) is 0 Å². The Morgan fingerprint density at radius 1 is 1.19 bits per heavy atom. The highest BCUT2D eigenvalue weighted by molar-refractivity contribution is 5.94. The summed E-state index contributed by atoms with van der Waals surface area (Å²) in [6.45, 7) is 3.38. The summed E-state index contributed by atoms with van der Waals surface area (Å²) in [6, 6.07) is 8.54. The highest BCUT2D eigenvalue weighted by Gasteiger charge is 2.17. The SMILES string of the molecule is CN1CCN(NC(=O)c2cc(=O)c3ccccc3[nH]2)CC1. The number of para-hydroxylation sites is 1. The van der Waals surface area contributed by atoms with E-state index in [0.29, 0.717) is 10.9 Å². The summed E-state index contributed by atoms with van der Waals surface area (Å²) in [6.07, 6.45) is 0. The number of piperazine rings is 1. The number of carbonyl (C=O) groups is 1.